The minimum absolute atomic E-state index is 0.713. The van der Waals surface area contributed by atoms with Gasteiger partial charge in [0.15, 0.2) is 0 Å². The summed E-state index contributed by atoms with van der Waals surface area (Å²) in [6, 6.07) is 4.99. The minimum Gasteiger partial charge on any atom is -0.370 e. The van der Waals surface area contributed by atoms with Gasteiger partial charge in [-0.15, -0.1) is 0 Å². The normalized spacial score (nSPS) is 17.4. The summed E-state index contributed by atoms with van der Waals surface area (Å²) in [6.07, 6.45) is 5.71. The summed E-state index contributed by atoms with van der Waals surface area (Å²) in [6.45, 7) is 7.69. The second-order valence-corrected chi connectivity index (χ2v) is 4.87. The average molecular weight is 233 g/mol. The standard InChI is InChI=1S/C14H23N3/c1-3-8-15-13-6-9-17(10-7-13)14-5-4-12(2)16-11-14/h4-5,11,13,15H,3,6-10H2,1-2H3. The smallest absolute Gasteiger partial charge is 0.0552 e. The quantitative estimate of drug-likeness (QED) is 0.865. The summed E-state index contributed by atoms with van der Waals surface area (Å²) in [5.74, 6) is 0. The van der Waals surface area contributed by atoms with Gasteiger partial charge in [0, 0.05) is 24.8 Å². The van der Waals surface area contributed by atoms with Crippen molar-refractivity contribution < 1.29 is 0 Å². The number of anilines is 1. The lowest BCUT2D eigenvalue weighted by Gasteiger charge is -2.33. The number of nitrogens with zero attached hydrogens (tertiary/aromatic N) is 2. The van der Waals surface area contributed by atoms with E-state index in [0.717, 1.165) is 25.3 Å². The first-order chi connectivity index (χ1) is 8.29. The van der Waals surface area contributed by atoms with Gasteiger partial charge in [-0.2, -0.15) is 0 Å². The Balaban J connectivity index is 1.84. The summed E-state index contributed by atoms with van der Waals surface area (Å²) in [5.41, 5.74) is 2.36. The van der Waals surface area contributed by atoms with E-state index in [-0.39, 0.29) is 0 Å². The topological polar surface area (TPSA) is 28.2 Å². The summed E-state index contributed by atoms with van der Waals surface area (Å²) in [7, 11) is 0. The highest BCUT2D eigenvalue weighted by molar-refractivity contribution is 5.44. The Hall–Kier alpha value is -1.09. The lowest BCUT2D eigenvalue weighted by Crippen LogP contribution is -2.42. The van der Waals surface area contributed by atoms with Crippen molar-refractivity contribution >= 4 is 5.69 Å². The average Bonchev–Trinajstić information content (AvgIpc) is 2.38. The molecular formula is C14H23N3. The Kier molecular flexibility index (Phi) is 4.37. The molecule has 0 amide bonds. The van der Waals surface area contributed by atoms with Crippen LogP contribution in [0.3, 0.4) is 0 Å². The fraction of sp³-hybridized carbons (Fsp3) is 0.643. The summed E-state index contributed by atoms with van der Waals surface area (Å²) < 4.78 is 0. The van der Waals surface area contributed by atoms with Crippen LogP contribution in [0.5, 0.6) is 0 Å². The van der Waals surface area contributed by atoms with E-state index in [4.69, 9.17) is 0 Å². The number of aromatic nitrogens is 1. The van der Waals surface area contributed by atoms with Crippen molar-refractivity contribution in [3.63, 3.8) is 0 Å². The zero-order valence-electron chi connectivity index (χ0n) is 10.9. The third-order valence-corrected chi connectivity index (χ3v) is 3.44. The van der Waals surface area contributed by atoms with Crippen molar-refractivity contribution in [1.29, 1.82) is 0 Å². The molecule has 0 unspecified atom stereocenters. The van der Waals surface area contributed by atoms with Gasteiger partial charge in [0.1, 0.15) is 0 Å². The van der Waals surface area contributed by atoms with Crippen molar-refractivity contribution in [1.82, 2.24) is 10.3 Å². The van der Waals surface area contributed by atoms with Crippen LogP contribution in [0, 0.1) is 6.92 Å². The van der Waals surface area contributed by atoms with Gasteiger partial charge < -0.3 is 10.2 Å². The predicted molar refractivity (Wildman–Crippen MR) is 72.5 cm³/mol. The molecular weight excluding hydrogens is 210 g/mol. The number of nitrogens with one attached hydrogen (secondary N) is 1. The molecule has 1 fully saturated rings. The molecule has 0 saturated carbocycles. The van der Waals surface area contributed by atoms with E-state index in [1.54, 1.807) is 0 Å². The zero-order valence-corrected chi connectivity index (χ0v) is 10.9. The molecule has 0 bridgehead atoms. The Bertz CT molecular complexity index is 326. The van der Waals surface area contributed by atoms with Crippen molar-refractivity contribution in [3.05, 3.63) is 24.0 Å². The van der Waals surface area contributed by atoms with Crippen molar-refractivity contribution in [2.75, 3.05) is 24.5 Å². The van der Waals surface area contributed by atoms with Crippen LogP contribution in [0.25, 0.3) is 0 Å². The minimum atomic E-state index is 0.713. The molecule has 0 atom stereocenters. The first kappa shape index (κ1) is 12.4. The van der Waals surface area contributed by atoms with Gasteiger partial charge in [0.2, 0.25) is 0 Å². The van der Waals surface area contributed by atoms with Crippen LogP contribution in [0.4, 0.5) is 5.69 Å². The molecule has 0 spiro atoms. The van der Waals surface area contributed by atoms with Gasteiger partial charge in [0.25, 0.3) is 0 Å². The Morgan fingerprint density at radius 3 is 2.71 bits per heavy atom. The molecule has 94 valence electrons. The highest BCUT2D eigenvalue weighted by Crippen LogP contribution is 2.19. The van der Waals surface area contributed by atoms with E-state index in [1.807, 2.05) is 13.1 Å². The predicted octanol–water partition coefficient (Wildman–Crippen LogP) is 2.36. The van der Waals surface area contributed by atoms with Gasteiger partial charge in [-0.3, -0.25) is 4.98 Å². The van der Waals surface area contributed by atoms with E-state index in [2.05, 4.69) is 34.3 Å². The molecule has 1 N–H and O–H groups in total. The molecule has 2 rings (SSSR count). The number of pyridine rings is 1. The van der Waals surface area contributed by atoms with Crippen LogP contribution in [-0.2, 0) is 0 Å². The monoisotopic (exact) mass is 233 g/mol. The molecule has 0 radical (unpaired) electrons. The second-order valence-electron chi connectivity index (χ2n) is 4.87. The number of hydrogen-bond acceptors (Lipinski definition) is 3. The second kappa shape index (κ2) is 6.01. The first-order valence-corrected chi connectivity index (χ1v) is 6.70. The third-order valence-electron chi connectivity index (χ3n) is 3.44. The van der Waals surface area contributed by atoms with E-state index >= 15 is 0 Å². The maximum Gasteiger partial charge on any atom is 0.0552 e. The lowest BCUT2D eigenvalue weighted by atomic mass is 10.0. The first-order valence-electron chi connectivity index (χ1n) is 6.70. The SMILES string of the molecule is CCCNC1CCN(c2ccc(C)nc2)CC1. The Morgan fingerprint density at radius 1 is 1.35 bits per heavy atom. The molecule has 0 aliphatic carbocycles. The Labute approximate surface area is 104 Å². The van der Waals surface area contributed by atoms with Gasteiger partial charge in [-0.25, -0.2) is 0 Å². The molecule has 0 aromatic carbocycles. The van der Waals surface area contributed by atoms with Crippen molar-refractivity contribution in [2.24, 2.45) is 0 Å². The third kappa shape index (κ3) is 3.43. The van der Waals surface area contributed by atoms with Crippen LogP contribution in [-0.4, -0.2) is 30.7 Å². The molecule has 3 nitrogen and oxygen atoms in total. The summed E-state index contributed by atoms with van der Waals surface area (Å²) in [4.78, 5) is 6.81. The fourth-order valence-electron chi connectivity index (χ4n) is 2.34. The summed E-state index contributed by atoms with van der Waals surface area (Å²) >= 11 is 0. The van der Waals surface area contributed by atoms with Crippen LogP contribution in [0.2, 0.25) is 0 Å². The van der Waals surface area contributed by atoms with E-state index in [1.165, 1.54) is 24.9 Å². The maximum absolute atomic E-state index is 4.37. The fourth-order valence-corrected chi connectivity index (χ4v) is 2.34. The number of rotatable bonds is 4. The molecule has 1 aliphatic heterocycles. The molecule has 1 aliphatic rings. The van der Waals surface area contributed by atoms with Crippen molar-refractivity contribution in [2.45, 2.75) is 39.2 Å². The van der Waals surface area contributed by atoms with Crippen LogP contribution in [0.15, 0.2) is 18.3 Å². The van der Waals surface area contributed by atoms with Gasteiger partial charge in [0.05, 0.1) is 11.9 Å². The molecule has 17 heavy (non-hydrogen) atoms. The van der Waals surface area contributed by atoms with Crippen LogP contribution in [0.1, 0.15) is 31.9 Å². The lowest BCUT2D eigenvalue weighted by molar-refractivity contribution is 0.416. The molecule has 1 saturated heterocycles. The highest BCUT2D eigenvalue weighted by atomic mass is 15.2. The number of piperidine rings is 1. The van der Waals surface area contributed by atoms with E-state index in [9.17, 15) is 0 Å². The number of aryl methyl sites for hydroxylation is 1. The van der Waals surface area contributed by atoms with E-state index < -0.39 is 0 Å². The van der Waals surface area contributed by atoms with Crippen LogP contribution < -0.4 is 10.2 Å². The Morgan fingerprint density at radius 2 is 2.12 bits per heavy atom. The highest BCUT2D eigenvalue weighted by Gasteiger charge is 2.18. The van der Waals surface area contributed by atoms with Gasteiger partial charge in [-0.05, 0) is 44.9 Å². The van der Waals surface area contributed by atoms with Crippen LogP contribution >= 0.6 is 0 Å². The van der Waals surface area contributed by atoms with Crippen molar-refractivity contribution in [3.8, 4) is 0 Å². The van der Waals surface area contributed by atoms with Gasteiger partial charge in [-0.1, -0.05) is 6.92 Å². The largest absolute Gasteiger partial charge is 0.370 e. The molecule has 1 aromatic rings. The molecule has 2 heterocycles. The molecule has 1 aromatic heterocycles. The zero-order chi connectivity index (χ0) is 12.1. The molecule has 3 heteroatoms. The van der Waals surface area contributed by atoms with Gasteiger partial charge >= 0.3 is 0 Å². The summed E-state index contributed by atoms with van der Waals surface area (Å²) in [5, 5.41) is 3.61. The maximum atomic E-state index is 4.37. The van der Waals surface area contributed by atoms with E-state index in [0.29, 0.717) is 6.04 Å². The number of hydrogen-bond donors (Lipinski definition) is 1.